The van der Waals surface area contributed by atoms with E-state index in [2.05, 4.69) is 0 Å². The number of phenolic OH excluding ortho intramolecular Hbond substituents is 1. The van der Waals surface area contributed by atoms with Crippen LogP contribution in [0.2, 0.25) is 10.0 Å². The minimum Gasteiger partial charge on any atom is -0.506 e. The molecule has 0 aromatic heterocycles. The highest BCUT2D eigenvalue weighted by Crippen LogP contribution is 2.40. The molecule has 0 spiro atoms. The van der Waals surface area contributed by atoms with Crippen LogP contribution in [-0.4, -0.2) is 23.4 Å². The molecule has 21 heavy (non-hydrogen) atoms. The molecule has 114 valence electrons. The van der Waals surface area contributed by atoms with Crippen molar-refractivity contribution in [2.24, 2.45) is 0 Å². The van der Waals surface area contributed by atoms with Crippen LogP contribution in [0.4, 0.5) is 4.39 Å². The first-order chi connectivity index (χ1) is 9.53. The van der Waals surface area contributed by atoms with Gasteiger partial charge in [0.15, 0.2) is 0 Å². The molecular formula is C14H16BCl2FO3. The molecule has 0 unspecified atom stereocenters. The second-order valence-electron chi connectivity index (χ2n) is 5.94. The smallest absolute Gasteiger partial charge is 0.506 e. The third-order valence-corrected chi connectivity index (χ3v) is 4.34. The Bertz CT molecular complexity index is 586. The van der Waals surface area contributed by atoms with Crippen LogP contribution < -0.4 is 0 Å². The lowest BCUT2D eigenvalue weighted by atomic mass is 9.86. The molecule has 0 atom stereocenters. The van der Waals surface area contributed by atoms with Crippen LogP contribution in [0.1, 0.15) is 33.3 Å². The zero-order valence-corrected chi connectivity index (χ0v) is 13.7. The number of rotatable bonds is 2. The predicted octanol–water partition coefficient (Wildman–Crippen LogP) is 4.64. The summed E-state index contributed by atoms with van der Waals surface area (Å²) >= 11 is 11.7. The molecule has 0 radical (unpaired) electrons. The van der Waals surface area contributed by atoms with Crippen molar-refractivity contribution >= 4 is 36.4 Å². The minimum absolute atomic E-state index is 0.0514. The number of hydrogen-bond acceptors (Lipinski definition) is 3. The molecule has 1 aliphatic rings. The van der Waals surface area contributed by atoms with Crippen LogP contribution in [0.5, 0.6) is 5.75 Å². The van der Waals surface area contributed by atoms with Gasteiger partial charge >= 0.3 is 7.12 Å². The van der Waals surface area contributed by atoms with Crippen LogP contribution in [0.3, 0.4) is 0 Å². The number of halogens is 3. The van der Waals surface area contributed by atoms with Crippen LogP contribution in [0.25, 0.3) is 6.08 Å². The van der Waals surface area contributed by atoms with E-state index in [1.165, 1.54) is 12.1 Å². The summed E-state index contributed by atoms with van der Waals surface area (Å²) in [5.41, 5.74) is -1.78. The quantitative estimate of drug-likeness (QED) is 0.802. The Hall–Kier alpha value is -0.745. The summed E-state index contributed by atoms with van der Waals surface area (Å²) in [5, 5.41) is 10.2. The molecule has 0 amide bonds. The van der Waals surface area contributed by atoms with Gasteiger partial charge in [-0.25, -0.2) is 4.39 Å². The highest BCUT2D eigenvalue weighted by molar-refractivity contribution is 6.54. The third-order valence-electron chi connectivity index (χ3n) is 3.83. The van der Waals surface area contributed by atoms with E-state index in [4.69, 9.17) is 32.5 Å². The maximum absolute atomic E-state index is 14.3. The topological polar surface area (TPSA) is 38.7 Å². The van der Waals surface area contributed by atoms with E-state index < -0.39 is 24.0 Å². The monoisotopic (exact) mass is 332 g/mol. The lowest BCUT2D eigenvalue weighted by Crippen LogP contribution is -2.41. The van der Waals surface area contributed by atoms with Gasteiger partial charge < -0.3 is 14.4 Å². The van der Waals surface area contributed by atoms with Gasteiger partial charge in [-0.05, 0) is 45.9 Å². The molecule has 2 rings (SSSR count). The molecule has 7 heteroatoms. The summed E-state index contributed by atoms with van der Waals surface area (Å²) in [6.45, 7) is 7.31. The maximum atomic E-state index is 14.3. The zero-order chi connectivity index (χ0) is 16.0. The van der Waals surface area contributed by atoms with Crippen molar-refractivity contribution in [3.05, 3.63) is 33.5 Å². The molecular weight excluding hydrogens is 317 g/mol. The summed E-state index contributed by atoms with van der Waals surface area (Å²) in [6.07, 6.45) is 1.11. The van der Waals surface area contributed by atoms with Crippen molar-refractivity contribution in [3.8, 4) is 5.75 Å². The largest absolute Gasteiger partial charge is 0.525 e. The number of benzene rings is 1. The molecule has 1 aliphatic heterocycles. The van der Waals surface area contributed by atoms with Crippen LogP contribution >= 0.6 is 23.2 Å². The number of phenols is 1. The first-order valence-electron chi connectivity index (χ1n) is 6.44. The average molecular weight is 333 g/mol. The summed E-state index contributed by atoms with van der Waals surface area (Å²) in [5.74, 6) is -0.243. The van der Waals surface area contributed by atoms with E-state index in [-0.39, 0.29) is 16.3 Å². The van der Waals surface area contributed by atoms with Crippen molar-refractivity contribution in [2.45, 2.75) is 38.9 Å². The van der Waals surface area contributed by atoms with Gasteiger partial charge in [0, 0.05) is 10.6 Å². The average Bonchev–Trinajstić information content (AvgIpc) is 2.55. The molecule has 0 bridgehead atoms. The summed E-state index contributed by atoms with van der Waals surface area (Å²) in [4.78, 5) is 0. The highest BCUT2D eigenvalue weighted by atomic mass is 35.5. The first-order valence-corrected chi connectivity index (χ1v) is 7.20. The first kappa shape index (κ1) is 16.6. The van der Waals surface area contributed by atoms with Gasteiger partial charge in [0.2, 0.25) is 0 Å². The van der Waals surface area contributed by atoms with Gasteiger partial charge in [-0.15, -0.1) is 0 Å². The van der Waals surface area contributed by atoms with E-state index in [0.717, 1.165) is 6.08 Å². The Morgan fingerprint density at radius 1 is 1.19 bits per heavy atom. The molecule has 1 aromatic carbocycles. The second kappa shape index (κ2) is 5.47. The highest BCUT2D eigenvalue weighted by Gasteiger charge is 2.53. The normalized spacial score (nSPS) is 20.9. The SMILES string of the molecule is CC1(C)OB(C(F)=Cc2cc(Cl)cc(Cl)c2O)OC1(C)C. The zero-order valence-electron chi connectivity index (χ0n) is 12.2. The molecule has 1 N–H and O–H groups in total. The standard InChI is InChI=1S/C14H16BCl2FO3/c1-13(2)14(3,4)21-15(20-13)11(18)6-8-5-9(16)7-10(17)12(8)19/h5-7,19H,1-4H3. The maximum Gasteiger partial charge on any atom is 0.525 e. The van der Waals surface area contributed by atoms with E-state index in [1.807, 2.05) is 27.7 Å². The van der Waals surface area contributed by atoms with Crippen LogP contribution in [0, 0.1) is 0 Å². The van der Waals surface area contributed by atoms with Crippen molar-refractivity contribution in [2.75, 3.05) is 0 Å². The fraction of sp³-hybridized carbons (Fsp3) is 0.429. The van der Waals surface area contributed by atoms with Crippen molar-refractivity contribution < 1.29 is 18.8 Å². The lowest BCUT2D eigenvalue weighted by Gasteiger charge is -2.32. The Morgan fingerprint density at radius 3 is 2.24 bits per heavy atom. The number of hydrogen-bond donors (Lipinski definition) is 1. The lowest BCUT2D eigenvalue weighted by molar-refractivity contribution is 0.00578. The minimum atomic E-state index is -1.13. The van der Waals surface area contributed by atoms with Gasteiger partial charge in [-0.2, -0.15) is 0 Å². The number of aromatic hydroxyl groups is 1. The van der Waals surface area contributed by atoms with Crippen LogP contribution in [-0.2, 0) is 9.31 Å². The molecule has 1 saturated heterocycles. The molecule has 1 heterocycles. The molecule has 3 nitrogen and oxygen atoms in total. The summed E-state index contributed by atoms with van der Waals surface area (Å²) < 4.78 is 25.5. The van der Waals surface area contributed by atoms with Crippen LogP contribution in [0.15, 0.2) is 17.9 Å². The van der Waals surface area contributed by atoms with Crippen molar-refractivity contribution in [3.63, 3.8) is 0 Å². The van der Waals surface area contributed by atoms with Gasteiger partial charge in [-0.1, -0.05) is 23.2 Å². The van der Waals surface area contributed by atoms with E-state index in [1.54, 1.807) is 0 Å². The summed E-state index contributed by atoms with van der Waals surface area (Å²) in [6, 6.07) is 2.79. The van der Waals surface area contributed by atoms with Gasteiger partial charge in [0.25, 0.3) is 0 Å². The van der Waals surface area contributed by atoms with Gasteiger partial charge in [0.1, 0.15) is 11.5 Å². The fourth-order valence-corrected chi connectivity index (χ4v) is 2.38. The molecule has 1 fully saturated rings. The Balaban J connectivity index is 2.32. The van der Waals surface area contributed by atoms with E-state index in [0.29, 0.717) is 5.02 Å². The van der Waals surface area contributed by atoms with E-state index >= 15 is 0 Å². The summed E-state index contributed by atoms with van der Waals surface area (Å²) in [7, 11) is -1.13. The predicted molar refractivity (Wildman–Crippen MR) is 83.3 cm³/mol. The van der Waals surface area contributed by atoms with Crippen molar-refractivity contribution in [1.82, 2.24) is 0 Å². The van der Waals surface area contributed by atoms with E-state index in [9.17, 15) is 9.50 Å². The third kappa shape index (κ3) is 3.21. The molecule has 1 aromatic rings. The Morgan fingerprint density at radius 2 is 1.71 bits per heavy atom. The van der Waals surface area contributed by atoms with Gasteiger partial charge in [0.05, 0.1) is 16.2 Å². The molecule has 0 aliphatic carbocycles. The second-order valence-corrected chi connectivity index (χ2v) is 6.79. The Kier molecular flexibility index (Phi) is 4.33. The van der Waals surface area contributed by atoms with Gasteiger partial charge in [-0.3, -0.25) is 0 Å². The fourth-order valence-electron chi connectivity index (χ4n) is 1.87. The van der Waals surface area contributed by atoms with Crippen molar-refractivity contribution in [1.29, 1.82) is 0 Å². The Labute approximate surface area is 133 Å². The molecule has 0 saturated carbocycles.